The fourth-order valence-electron chi connectivity index (χ4n) is 2.68. The number of ether oxygens (including phenoxy) is 1. The molecule has 3 rings (SSSR count). The highest BCUT2D eigenvalue weighted by Gasteiger charge is 2.32. The molecule has 1 fully saturated rings. The molecule has 1 aliphatic heterocycles. The van der Waals surface area contributed by atoms with Crippen LogP contribution in [0.2, 0.25) is 5.02 Å². The van der Waals surface area contributed by atoms with Crippen molar-refractivity contribution in [2.75, 3.05) is 5.75 Å². The summed E-state index contributed by atoms with van der Waals surface area (Å²) in [5, 5.41) is 12.7. The second kappa shape index (κ2) is 7.99. The van der Waals surface area contributed by atoms with Crippen LogP contribution in [0.4, 0.5) is 0 Å². The highest BCUT2D eigenvalue weighted by Crippen LogP contribution is 2.43. The Morgan fingerprint density at radius 1 is 1.44 bits per heavy atom. The van der Waals surface area contributed by atoms with E-state index in [1.165, 1.54) is 17.3 Å². The largest absolute Gasteiger partial charge is 0.487 e. The van der Waals surface area contributed by atoms with Crippen molar-refractivity contribution >= 4 is 45.3 Å². The van der Waals surface area contributed by atoms with E-state index in [1.54, 1.807) is 6.07 Å². The fourth-order valence-corrected chi connectivity index (χ4v) is 4.87. The van der Waals surface area contributed by atoms with Crippen LogP contribution in [0, 0.1) is 6.92 Å². The first-order valence-electron chi connectivity index (χ1n) is 7.72. The molecule has 0 bridgehead atoms. The summed E-state index contributed by atoms with van der Waals surface area (Å²) < 4.78 is 6.82. The molecule has 132 valence electrons. The summed E-state index contributed by atoms with van der Waals surface area (Å²) in [4.78, 5) is 11.2. The smallest absolute Gasteiger partial charge is 0.321 e. The maximum atomic E-state index is 11.2. The van der Waals surface area contributed by atoms with Crippen LogP contribution in [-0.4, -0.2) is 22.9 Å². The number of carbonyl (C=O) groups is 1. The normalized spacial score (nSPS) is 19.8. The van der Waals surface area contributed by atoms with Gasteiger partial charge in [-0.1, -0.05) is 41.4 Å². The minimum Gasteiger partial charge on any atom is -0.487 e. The molecule has 1 heterocycles. The summed E-state index contributed by atoms with van der Waals surface area (Å²) in [5.41, 5.74) is 3.10. The molecule has 4 nitrogen and oxygen atoms in total. The van der Waals surface area contributed by atoms with E-state index in [2.05, 4.69) is 27.3 Å². The standard InChI is InChI=1S/C18H17BrClNO3S/c1-10-3-2-4-11(5-10)8-24-16-13(6-12(20)7-14(16)19)17-21-15(9-25-17)18(22)23/h2-7,15,17,21H,8-9H2,1H3,(H,22,23). The van der Waals surface area contributed by atoms with Gasteiger partial charge in [0.15, 0.2) is 0 Å². The molecule has 2 unspecified atom stereocenters. The Balaban J connectivity index is 1.84. The van der Waals surface area contributed by atoms with Crippen molar-refractivity contribution in [1.82, 2.24) is 5.32 Å². The van der Waals surface area contributed by atoms with Gasteiger partial charge in [0.05, 0.1) is 9.85 Å². The fraction of sp³-hybridized carbons (Fsp3) is 0.278. The number of benzene rings is 2. The summed E-state index contributed by atoms with van der Waals surface area (Å²) in [7, 11) is 0. The van der Waals surface area contributed by atoms with Crippen LogP contribution in [0.1, 0.15) is 22.1 Å². The van der Waals surface area contributed by atoms with Crippen molar-refractivity contribution in [2.24, 2.45) is 0 Å². The van der Waals surface area contributed by atoms with Gasteiger partial charge in [-0.05, 0) is 40.5 Å². The van der Waals surface area contributed by atoms with Crippen LogP contribution < -0.4 is 10.1 Å². The Hall–Kier alpha value is -1.21. The molecule has 0 aromatic heterocycles. The van der Waals surface area contributed by atoms with Crippen LogP contribution in [-0.2, 0) is 11.4 Å². The molecule has 0 radical (unpaired) electrons. The van der Waals surface area contributed by atoms with Crippen LogP contribution in [0.5, 0.6) is 5.75 Å². The highest BCUT2D eigenvalue weighted by atomic mass is 79.9. The van der Waals surface area contributed by atoms with Gasteiger partial charge in [0.1, 0.15) is 18.4 Å². The predicted octanol–water partition coefficient (Wildman–Crippen LogP) is 4.78. The third kappa shape index (κ3) is 4.50. The van der Waals surface area contributed by atoms with Crippen molar-refractivity contribution < 1.29 is 14.6 Å². The lowest BCUT2D eigenvalue weighted by Crippen LogP contribution is -2.33. The highest BCUT2D eigenvalue weighted by molar-refractivity contribution is 9.10. The number of carboxylic acid groups (broad SMARTS) is 1. The molecule has 25 heavy (non-hydrogen) atoms. The number of hydrogen-bond acceptors (Lipinski definition) is 4. The molecule has 0 aliphatic carbocycles. The molecular formula is C18H17BrClNO3S. The average Bonchev–Trinajstić information content (AvgIpc) is 3.03. The lowest BCUT2D eigenvalue weighted by molar-refractivity contribution is -0.138. The number of carboxylic acids is 1. The van der Waals surface area contributed by atoms with Crippen molar-refractivity contribution in [1.29, 1.82) is 0 Å². The second-order valence-corrected chi connectivity index (χ2v) is 8.28. The van der Waals surface area contributed by atoms with E-state index in [-0.39, 0.29) is 5.37 Å². The van der Waals surface area contributed by atoms with Crippen LogP contribution >= 0.6 is 39.3 Å². The Morgan fingerprint density at radius 3 is 2.92 bits per heavy atom. The molecule has 1 aliphatic rings. The van der Waals surface area contributed by atoms with Gasteiger partial charge in [0.2, 0.25) is 0 Å². The molecule has 1 saturated heterocycles. The minimum absolute atomic E-state index is 0.177. The summed E-state index contributed by atoms with van der Waals surface area (Å²) in [6.45, 7) is 2.47. The van der Waals surface area contributed by atoms with Crippen molar-refractivity contribution in [3.8, 4) is 5.75 Å². The number of nitrogens with one attached hydrogen (secondary N) is 1. The summed E-state index contributed by atoms with van der Waals surface area (Å²) >= 11 is 11.2. The summed E-state index contributed by atoms with van der Waals surface area (Å²) in [6.07, 6.45) is 0. The van der Waals surface area contributed by atoms with Crippen LogP contribution in [0.3, 0.4) is 0 Å². The third-order valence-electron chi connectivity index (χ3n) is 3.87. The molecule has 7 heteroatoms. The van der Waals surface area contributed by atoms with Gasteiger partial charge in [-0.2, -0.15) is 0 Å². The molecule has 0 saturated carbocycles. The van der Waals surface area contributed by atoms with Gasteiger partial charge >= 0.3 is 5.97 Å². The van der Waals surface area contributed by atoms with Gasteiger partial charge in [-0.15, -0.1) is 11.8 Å². The SMILES string of the molecule is Cc1cccc(COc2c(Br)cc(Cl)cc2C2NC(C(=O)O)CS2)c1. The van der Waals surface area contributed by atoms with Crippen molar-refractivity contribution in [2.45, 2.75) is 24.9 Å². The maximum absolute atomic E-state index is 11.2. The number of halogens is 2. The van der Waals surface area contributed by atoms with E-state index in [0.29, 0.717) is 23.1 Å². The van der Waals surface area contributed by atoms with E-state index < -0.39 is 12.0 Å². The molecular weight excluding hydrogens is 426 g/mol. The Labute approximate surface area is 164 Å². The van der Waals surface area contributed by atoms with Gasteiger partial charge in [-0.25, -0.2) is 0 Å². The molecule has 2 atom stereocenters. The molecule has 0 spiro atoms. The summed E-state index contributed by atoms with van der Waals surface area (Å²) in [5.74, 6) is 0.335. The average molecular weight is 443 g/mol. The zero-order chi connectivity index (χ0) is 18.0. The first-order valence-corrected chi connectivity index (χ1v) is 9.94. The number of aliphatic carboxylic acids is 1. The van der Waals surface area contributed by atoms with Gasteiger partial charge in [0, 0.05) is 16.3 Å². The van der Waals surface area contributed by atoms with E-state index in [1.807, 2.05) is 31.2 Å². The second-order valence-electron chi connectivity index (χ2n) is 5.85. The third-order valence-corrected chi connectivity index (χ3v) is 5.92. The topological polar surface area (TPSA) is 58.6 Å². The zero-order valence-corrected chi connectivity index (χ0v) is 16.6. The van der Waals surface area contributed by atoms with Gasteiger partial charge < -0.3 is 9.84 Å². The van der Waals surface area contributed by atoms with Crippen molar-refractivity contribution in [3.05, 3.63) is 62.6 Å². The first kappa shape index (κ1) is 18.6. The van der Waals surface area contributed by atoms with Crippen LogP contribution in [0.25, 0.3) is 0 Å². The van der Waals surface area contributed by atoms with E-state index in [4.69, 9.17) is 16.3 Å². The van der Waals surface area contributed by atoms with E-state index in [9.17, 15) is 9.90 Å². The monoisotopic (exact) mass is 441 g/mol. The lowest BCUT2D eigenvalue weighted by atomic mass is 10.1. The van der Waals surface area contributed by atoms with E-state index in [0.717, 1.165) is 15.6 Å². The number of hydrogen-bond donors (Lipinski definition) is 2. The Kier molecular flexibility index (Phi) is 5.94. The van der Waals surface area contributed by atoms with Gasteiger partial charge in [-0.3, -0.25) is 10.1 Å². The molecule has 2 aromatic carbocycles. The predicted molar refractivity (Wildman–Crippen MR) is 104 cm³/mol. The Morgan fingerprint density at radius 2 is 2.24 bits per heavy atom. The first-order chi connectivity index (χ1) is 11.9. The zero-order valence-electron chi connectivity index (χ0n) is 13.5. The number of aryl methyl sites for hydroxylation is 1. The Bertz CT molecular complexity index is 802. The quantitative estimate of drug-likeness (QED) is 0.698. The minimum atomic E-state index is -0.849. The lowest BCUT2D eigenvalue weighted by Gasteiger charge is -2.19. The maximum Gasteiger partial charge on any atom is 0.321 e. The number of thioether (sulfide) groups is 1. The van der Waals surface area contributed by atoms with Crippen molar-refractivity contribution in [3.63, 3.8) is 0 Å². The summed E-state index contributed by atoms with van der Waals surface area (Å²) in [6, 6.07) is 11.2. The molecule has 2 N–H and O–H groups in total. The molecule has 0 amide bonds. The van der Waals surface area contributed by atoms with Crippen LogP contribution in [0.15, 0.2) is 40.9 Å². The molecule has 2 aromatic rings. The van der Waals surface area contributed by atoms with Gasteiger partial charge in [0.25, 0.3) is 0 Å². The van der Waals surface area contributed by atoms with E-state index >= 15 is 0 Å². The number of rotatable bonds is 5.